The molecular formula is C17H23N5O2. The second kappa shape index (κ2) is 6.22. The first kappa shape index (κ1) is 16.4. The molecule has 0 aliphatic carbocycles. The van der Waals surface area contributed by atoms with Crippen LogP contribution in [0.25, 0.3) is 11.2 Å². The molecule has 1 aliphatic rings. The first-order valence-corrected chi connectivity index (χ1v) is 8.19. The number of anilines is 1. The van der Waals surface area contributed by atoms with Gasteiger partial charge in [0.15, 0.2) is 5.65 Å². The van der Waals surface area contributed by atoms with Crippen LogP contribution in [0.2, 0.25) is 0 Å². The van der Waals surface area contributed by atoms with E-state index >= 15 is 0 Å². The lowest BCUT2D eigenvalue weighted by Gasteiger charge is -2.34. The number of piperazine rings is 1. The highest BCUT2D eigenvalue weighted by Crippen LogP contribution is 2.25. The Balaban J connectivity index is 1.83. The maximum atomic E-state index is 11.4. The molecule has 0 radical (unpaired) electrons. The number of hydrogen-bond donors (Lipinski definition) is 1. The fourth-order valence-electron chi connectivity index (χ4n) is 3.00. The van der Waals surface area contributed by atoms with Gasteiger partial charge in [-0.05, 0) is 12.0 Å². The average Bonchev–Trinajstić information content (AvgIpc) is 2.96. The molecule has 2 aromatic rings. The number of carbonyl (C=O) groups is 2. The summed E-state index contributed by atoms with van der Waals surface area (Å²) in [5.74, 6) is 0.927. The summed E-state index contributed by atoms with van der Waals surface area (Å²) in [5.41, 5.74) is 2.12. The van der Waals surface area contributed by atoms with Crippen LogP contribution in [0.15, 0.2) is 12.4 Å². The molecule has 0 atom stereocenters. The van der Waals surface area contributed by atoms with Crippen molar-refractivity contribution in [2.45, 2.75) is 27.2 Å². The number of aromatic nitrogens is 3. The van der Waals surface area contributed by atoms with Gasteiger partial charge in [-0.25, -0.2) is 9.97 Å². The van der Waals surface area contributed by atoms with Gasteiger partial charge in [-0.2, -0.15) is 0 Å². The van der Waals surface area contributed by atoms with Crippen LogP contribution in [0.4, 0.5) is 5.82 Å². The Hall–Kier alpha value is -2.44. The van der Waals surface area contributed by atoms with Crippen molar-refractivity contribution in [2.24, 2.45) is 5.41 Å². The van der Waals surface area contributed by atoms with Gasteiger partial charge < -0.3 is 19.6 Å². The van der Waals surface area contributed by atoms with Crippen molar-refractivity contribution in [3.63, 3.8) is 0 Å². The van der Waals surface area contributed by atoms with E-state index in [2.05, 4.69) is 14.9 Å². The fourth-order valence-corrected chi connectivity index (χ4v) is 3.00. The van der Waals surface area contributed by atoms with E-state index in [4.69, 9.17) is 4.98 Å². The molecule has 1 aliphatic heterocycles. The molecule has 0 unspecified atom stereocenters. The number of nitrogens with zero attached hydrogens (tertiary/aromatic N) is 4. The van der Waals surface area contributed by atoms with Gasteiger partial charge in [0.05, 0.1) is 6.20 Å². The summed E-state index contributed by atoms with van der Waals surface area (Å²) in [7, 11) is 0. The predicted molar refractivity (Wildman–Crippen MR) is 91.9 cm³/mol. The van der Waals surface area contributed by atoms with Gasteiger partial charge in [-0.15, -0.1) is 0 Å². The molecule has 128 valence electrons. The Kier molecular flexibility index (Phi) is 4.26. The molecule has 0 bridgehead atoms. The SMILES string of the molecule is CC(=O)N1CCN(c2cnc3[nH]cc(CC(C)(C)C=O)c3n2)CC1. The van der Waals surface area contributed by atoms with Crippen LogP contribution in [0.1, 0.15) is 26.3 Å². The molecule has 0 spiro atoms. The number of rotatable bonds is 4. The monoisotopic (exact) mass is 329 g/mol. The summed E-state index contributed by atoms with van der Waals surface area (Å²) in [6.07, 6.45) is 5.24. The van der Waals surface area contributed by atoms with Crippen molar-refractivity contribution in [3.05, 3.63) is 18.0 Å². The fraction of sp³-hybridized carbons (Fsp3) is 0.529. The van der Waals surface area contributed by atoms with E-state index < -0.39 is 5.41 Å². The number of hydrogen-bond acceptors (Lipinski definition) is 5. The molecule has 3 heterocycles. The zero-order chi connectivity index (χ0) is 17.3. The molecule has 1 N–H and O–H groups in total. The summed E-state index contributed by atoms with van der Waals surface area (Å²) in [6, 6.07) is 0. The third-order valence-corrected chi connectivity index (χ3v) is 4.46. The zero-order valence-corrected chi connectivity index (χ0v) is 14.4. The maximum absolute atomic E-state index is 11.4. The average molecular weight is 329 g/mol. The molecule has 1 amide bonds. The highest BCUT2D eigenvalue weighted by atomic mass is 16.2. The molecule has 2 aromatic heterocycles. The molecule has 7 heteroatoms. The summed E-state index contributed by atoms with van der Waals surface area (Å²) < 4.78 is 0. The number of aldehydes is 1. The zero-order valence-electron chi connectivity index (χ0n) is 14.4. The predicted octanol–water partition coefficient (Wildman–Crippen LogP) is 1.39. The molecule has 0 aromatic carbocycles. The van der Waals surface area contributed by atoms with E-state index in [-0.39, 0.29) is 5.91 Å². The van der Waals surface area contributed by atoms with Gasteiger partial charge in [0.2, 0.25) is 5.91 Å². The summed E-state index contributed by atoms with van der Waals surface area (Å²) in [6.45, 7) is 8.33. The Morgan fingerprint density at radius 1 is 1.33 bits per heavy atom. The number of nitrogens with one attached hydrogen (secondary N) is 1. The summed E-state index contributed by atoms with van der Waals surface area (Å²) in [4.78, 5) is 39.0. The Bertz CT molecular complexity index is 759. The number of aromatic amines is 1. The van der Waals surface area contributed by atoms with Gasteiger partial charge in [0, 0.05) is 44.7 Å². The normalized spacial score (nSPS) is 15.8. The smallest absolute Gasteiger partial charge is 0.219 e. The second-order valence-electron chi connectivity index (χ2n) is 7.02. The Morgan fingerprint density at radius 3 is 2.67 bits per heavy atom. The molecule has 1 fully saturated rings. The molecular weight excluding hydrogens is 306 g/mol. The number of H-pyrrole nitrogens is 1. The van der Waals surface area contributed by atoms with E-state index in [0.29, 0.717) is 19.5 Å². The van der Waals surface area contributed by atoms with Gasteiger partial charge in [-0.3, -0.25) is 4.79 Å². The first-order chi connectivity index (χ1) is 11.4. The van der Waals surface area contributed by atoms with Crippen molar-refractivity contribution in [3.8, 4) is 0 Å². The van der Waals surface area contributed by atoms with Crippen molar-refractivity contribution in [1.29, 1.82) is 0 Å². The first-order valence-electron chi connectivity index (χ1n) is 8.19. The Labute approximate surface area is 141 Å². The topological polar surface area (TPSA) is 82.2 Å². The van der Waals surface area contributed by atoms with Crippen molar-refractivity contribution in [2.75, 3.05) is 31.1 Å². The van der Waals surface area contributed by atoms with Crippen LogP contribution in [0.5, 0.6) is 0 Å². The standard InChI is InChI=1S/C17H23N5O2/c1-12(24)21-4-6-22(7-5-21)14-10-19-16-15(20-14)13(9-18-16)8-17(2,3)11-23/h9-11H,4-8H2,1-3H3,(H,18,19). The summed E-state index contributed by atoms with van der Waals surface area (Å²) in [5, 5.41) is 0. The lowest BCUT2D eigenvalue weighted by Crippen LogP contribution is -2.48. The van der Waals surface area contributed by atoms with Crippen molar-refractivity contribution in [1.82, 2.24) is 19.9 Å². The third-order valence-electron chi connectivity index (χ3n) is 4.46. The molecule has 0 saturated carbocycles. The quantitative estimate of drug-likeness (QED) is 0.857. The van der Waals surface area contributed by atoms with E-state index in [1.54, 1.807) is 13.1 Å². The third kappa shape index (κ3) is 3.25. The lowest BCUT2D eigenvalue weighted by atomic mass is 9.88. The van der Waals surface area contributed by atoms with Gasteiger partial charge >= 0.3 is 0 Å². The van der Waals surface area contributed by atoms with Crippen molar-refractivity contribution < 1.29 is 9.59 Å². The van der Waals surface area contributed by atoms with E-state index in [1.165, 1.54) is 0 Å². The molecule has 7 nitrogen and oxygen atoms in total. The molecule has 3 rings (SSSR count). The number of carbonyl (C=O) groups excluding carboxylic acids is 2. The Morgan fingerprint density at radius 2 is 2.04 bits per heavy atom. The number of amides is 1. The molecule has 1 saturated heterocycles. The maximum Gasteiger partial charge on any atom is 0.219 e. The minimum absolute atomic E-state index is 0.111. The second-order valence-corrected chi connectivity index (χ2v) is 7.02. The van der Waals surface area contributed by atoms with Crippen LogP contribution < -0.4 is 4.90 Å². The largest absolute Gasteiger partial charge is 0.352 e. The van der Waals surface area contributed by atoms with Gasteiger partial charge in [-0.1, -0.05) is 13.8 Å². The van der Waals surface area contributed by atoms with Crippen LogP contribution >= 0.6 is 0 Å². The van der Waals surface area contributed by atoms with Crippen LogP contribution in [0, 0.1) is 5.41 Å². The van der Waals surface area contributed by atoms with Crippen LogP contribution in [-0.2, 0) is 16.0 Å². The lowest BCUT2D eigenvalue weighted by molar-refractivity contribution is -0.129. The molecule has 24 heavy (non-hydrogen) atoms. The van der Waals surface area contributed by atoms with Gasteiger partial charge in [0.25, 0.3) is 0 Å². The van der Waals surface area contributed by atoms with E-state index in [9.17, 15) is 9.59 Å². The minimum Gasteiger partial charge on any atom is -0.352 e. The van der Waals surface area contributed by atoms with Crippen molar-refractivity contribution >= 4 is 29.2 Å². The minimum atomic E-state index is -0.431. The number of fused-ring (bicyclic) bond motifs is 1. The van der Waals surface area contributed by atoms with E-state index in [1.807, 2.05) is 24.9 Å². The highest BCUT2D eigenvalue weighted by Gasteiger charge is 2.23. The summed E-state index contributed by atoms with van der Waals surface area (Å²) >= 11 is 0. The van der Waals surface area contributed by atoms with Crippen LogP contribution in [0.3, 0.4) is 0 Å². The van der Waals surface area contributed by atoms with Gasteiger partial charge in [0.1, 0.15) is 17.6 Å². The van der Waals surface area contributed by atoms with E-state index in [0.717, 1.165) is 41.9 Å². The van der Waals surface area contributed by atoms with Crippen LogP contribution in [-0.4, -0.2) is 58.2 Å². The highest BCUT2D eigenvalue weighted by molar-refractivity contribution is 5.77.